The van der Waals surface area contributed by atoms with Gasteiger partial charge in [0, 0.05) is 10.3 Å². The molecule has 1 aromatic heterocycles. The van der Waals surface area contributed by atoms with Crippen LogP contribution in [0.2, 0.25) is 0 Å². The van der Waals surface area contributed by atoms with Crippen molar-refractivity contribution in [1.82, 2.24) is 0 Å². The molecule has 0 aliphatic heterocycles. The number of thiophene rings is 1. The topological polar surface area (TPSA) is 17.1 Å². The van der Waals surface area contributed by atoms with Gasteiger partial charge in [-0.2, -0.15) is 0 Å². The lowest BCUT2D eigenvalue weighted by Gasteiger charge is -2.05. The van der Waals surface area contributed by atoms with E-state index in [0.29, 0.717) is 16.4 Å². The van der Waals surface area contributed by atoms with Crippen LogP contribution < -0.4 is 0 Å². The zero-order valence-corrected chi connectivity index (χ0v) is 12.7. The molecule has 0 N–H and O–H groups in total. The Labute approximate surface area is 127 Å². The number of benzene rings is 2. The van der Waals surface area contributed by atoms with E-state index >= 15 is 0 Å². The molecule has 0 radical (unpaired) electrons. The van der Waals surface area contributed by atoms with Crippen molar-refractivity contribution in [2.45, 2.75) is 19.8 Å². The Morgan fingerprint density at radius 2 is 1.76 bits per heavy atom. The van der Waals surface area contributed by atoms with E-state index in [9.17, 15) is 9.18 Å². The van der Waals surface area contributed by atoms with Crippen molar-refractivity contribution in [2.24, 2.45) is 0 Å². The number of hydrogen-bond donors (Lipinski definition) is 0. The molecule has 0 aliphatic carbocycles. The van der Waals surface area contributed by atoms with Gasteiger partial charge in [0.15, 0.2) is 0 Å². The van der Waals surface area contributed by atoms with E-state index in [0.717, 1.165) is 10.1 Å². The first-order chi connectivity index (χ1) is 10.0. The molecule has 0 atom stereocenters. The quantitative estimate of drug-likeness (QED) is 0.592. The zero-order chi connectivity index (χ0) is 15.0. The summed E-state index contributed by atoms with van der Waals surface area (Å²) in [5.41, 5.74) is 1.89. The van der Waals surface area contributed by atoms with Gasteiger partial charge in [-0.1, -0.05) is 38.1 Å². The summed E-state index contributed by atoms with van der Waals surface area (Å²) in [6.07, 6.45) is 0. The van der Waals surface area contributed by atoms with Crippen LogP contribution >= 0.6 is 11.3 Å². The van der Waals surface area contributed by atoms with Gasteiger partial charge >= 0.3 is 0 Å². The fourth-order valence-corrected chi connectivity index (χ4v) is 3.29. The van der Waals surface area contributed by atoms with Gasteiger partial charge in [-0.3, -0.25) is 4.79 Å². The molecule has 1 heterocycles. The highest BCUT2D eigenvalue weighted by Crippen LogP contribution is 2.28. The van der Waals surface area contributed by atoms with E-state index in [4.69, 9.17) is 0 Å². The number of fused-ring (bicyclic) bond motifs is 1. The second-order valence-corrected chi connectivity index (χ2v) is 6.48. The van der Waals surface area contributed by atoms with E-state index < -0.39 is 0 Å². The summed E-state index contributed by atoms with van der Waals surface area (Å²) < 4.78 is 14.1. The minimum Gasteiger partial charge on any atom is -0.288 e. The first-order valence-electron chi connectivity index (χ1n) is 6.88. The van der Waals surface area contributed by atoms with Crippen molar-refractivity contribution in [3.05, 3.63) is 70.4 Å². The number of ketones is 1. The maximum Gasteiger partial charge on any atom is 0.202 e. The van der Waals surface area contributed by atoms with Gasteiger partial charge in [-0.25, -0.2) is 4.39 Å². The van der Waals surface area contributed by atoms with Crippen molar-refractivity contribution in [3.63, 3.8) is 0 Å². The lowest BCUT2D eigenvalue weighted by atomic mass is 10.00. The maximum atomic E-state index is 13.2. The van der Waals surface area contributed by atoms with Crippen molar-refractivity contribution in [2.75, 3.05) is 0 Å². The Morgan fingerprint density at radius 1 is 1.05 bits per heavy atom. The Kier molecular flexibility index (Phi) is 3.60. The fourth-order valence-electron chi connectivity index (χ4n) is 2.29. The Balaban J connectivity index is 1.95. The van der Waals surface area contributed by atoms with Crippen LogP contribution in [0.3, 0.4) is 0 Å². The molecule has 0 aliphatic rings. The SMILES string of the molecule is CC(C)c1ccc(C(=O)c2cc3cc(F)ccc3s2)cc1. The van der Waals surface area contributed by atoms with Crippen LogP contribution in [0, 0.1) is 5.82 Å². The Morgan fingerprint density at radius 3 is 2.43 bits per heavy atom. The number of carbonyl (C=O) groups is 1. The number of hydrogen-bond acceptors (Lipinski definition) is 2. The summed E-state index contributed by atoms with van der Waals surface area (Å²) in [6.45, 7) is 4.24. The van der Waals surface area contributed by atoms with Crippen molar-refractivity contribution >= 4 is 27.2 Å². The molecule has 0 fully saturated rings. The summed E-state index contributed by atoms with van der Waals surface area (Å²) in [5.74, 6) is 0.161. The van der Waals surface area contributed by atoms with Crippen LogP contribution in [-0.4, -0.2) is 5.78 Å². The molecule has 0 unspecified atom stereocenters. The molecule has 0 saturated carbocycles. The maximum absolute atomic E-state index is 13.2. The predicted molar refractivity (Wildman–Crippen MR) is 85.7 cm³/mol. The van der Waals surface area contributed by atoms with E-state index in [1.807, 2.05) is 24.3 Å². The molecule has 0 spiro atoms. The summed E-state index contributed by atoms with van der Waals surface area (Å²) in [4.78, 5) is 13.1. The summed E-state index contributed by atoms with van der Waals surface area (Å²) in [6, 6.07) is 14.1. The third-order valence-electron chi connectivity index (χ3n) is 3.54. The predicted octanol–water partition coefficient (Wildman–Crippen LogP) is 5.39. The van der Waals surface area contributed by atoms with E-state index in [2.05, 4.69) is 13.8 Å². The third kappa shape index (κ3) is 2.74. The number of halogens is 1. The molecule has 0 bridgehead atoms. The van der Waals surface area contributed by atoms with Gasteiger partial charge in [0.2, 0.25) is 5.78 Å². The van der Waals surface area contributed by atoms with Crippen LogP contribution in [0.15, 0.2) is 48.5 Å². The van der Waals surface area contributed by atoms with Gasteiger partial charge in [0.25, 0.3) is 0 Å². The molecular weight excluding hydrogens is 283 g/mol. The molecule has 3 aromatic rings. The second kappa shape index (κ2) is 5.41. The molecule has 1 nitrogen and oxygen atoms in total. The second-order valence-electron chi connectivity index (χ2n) is 5.40. The Hall–Kier alpha value is -2.00. The van der Waals surface area contributed by atoms with E-state index in [1.54, 1.807) is 12.1 Å². The van der Waals surface area contributed by atoms with Crippen LogP contribution in [0.25, 0.3) is 10.1 Å². The molecule has 3 heteroatoms. The average Bonchev–Trinajstić information content (AvgIpc) is 2.89. The van der Waals surface area contributed by atoms with Crippen LogP contribution in [0.4, 0.5) is 4.39 Å². The van der Waals surface area contributed by atoms with Crippen molar-refractivity contribution in [1.29, 1.82) is 0 Å². The lowest BCUT2D eigenvalue weighted by molar-refractivity contribution is 0.104. The molecular formula is C18H15FOS. The monoisotopic (exact) mass is 298 g/mol. The molecule has 21 heavy (non-hydrogen) atoms. The highest BCUT2D eigenvalue weighted by atomic mass is 32.1. The first kappa shape index (κ1) is 14.0. The van der Waals surface area contributed by atoms with Crippen LogP contribution in [0.5, 0.6) is 0 Å². The minimum atomic E-state index is -0.277. The largest absolute Gasteiger partial charge is 0.288 e. The highest BCUT2D eigenvalue weighted by Gasteiger charge is 2.13. The van der Waals surface area contributed by atoms with Crippen LogP contribution in [0.1, 0.15) is 40.6 Å². The number of rotatable bonds is 3. The smallest absolute Gasteiger partial charge is 0.202 e. The first-order valence-corrected chi connectivity index (χ1v) is 7.70. The van der Waals surface area contributed by atoms with Gasteiger partial charge in [0.05, 0.1) is 4.88 Å². The van der Waals surface area contributed by atoms with Gasteiger partial charge < -0.3 is 0 Å². The standard InChI is InChI=1S/C18H15FOS/c1-11(2)12-3-5-13(6-4-12)18(20)17-10-14-9-15(19)7-8-16(14)21-17/h3-11H,1-2H3. The van der Waals surface area contributed by atoms with Crippen molar-refractivity contribution < 1.29 is 9.18 Å². The zero-order valence-electron chi connectivity index (χ0n) is 11.9. The molecule has 0 amide bonds. The fraction of sp³-hybridized carbons (Fsp3) is 0.167. The van der Waals surface area contributed by atoms with Gasteiger partial charge in [-0.05, 0) is 41.1 Å². The third-order valence-corrected chi connectivity index (χ3v) is 4.66. The summed E-state index contributed by atoms with van der Waals surface area (Å²) in [5, 5.41) is 0.780. The summed E-state index contributed by atoms with van der Waals surface area (Å²) in [7, 11) is 0. The molecule has 106 valence electrons. The molecule has 3 rings (SSSR count). The number of carbonyl (C=O) groups excluding carboxylic acids is 1. The van der Waals surface area contributed by atoms with E-state index in [-0.39, 0.29) is 11.6 Å². The minimum absolute atomic E-state index is 0.00749. The lowest BCUT2D eigenvalue weighted by Crippen LogP contribution is -1.99. The van der Waals surface area contributed by atoms with E-state index in [1.165, 1.54) is 29.0 Å². The normalized spacial score (nSPS) is 11.2. The Bertz CT molecular complexity index is 800. The average molecular weight is 298 g/mol. The van der Waals surface area contributed by atoms with Gasteiger partial charge in [-0.15, -0.1) is 11.3 Å². The van der Waals surface area contributed by atoms with Crippen LogP contribution in [-0.2, 0) is 0 Å². The van der Waals surface area contributed by atoms with Crippen molar-refractivity contribution in [3.8, 4) is 0 Å². The molecule has 0 saturated heterocycles. The van der Waals surface area contributed by atoms with Gasteiger partial charge in [0.1, 0.15) is 5.82 Å². The molecule has 2 aromatic carbocycles. The highest BCUT2D eigenvalue weighted by molar-refractivity contribution is 7.21. The summed E-state index contributed by atoms with van der Waals surface area (Å²) >= 11 is 1.40.